The molecule has 1 aliphatic heterocycles. The topological polar surface area (TPSA) is 45.3 Å². The van der Waals surface area contributed by atoms with Crippen LogP contribution >= 0.6 is 35.4 Å². The number of anilines is 1. The van der Waals surface area contributed by atoms with Crippen molar-refractivity contribution in [2.75, 3.05) is 18.6 Å². The van der Waals surface area contributed by atoms with Gasteiger partial charge in [0.15, 0.2) is 5.11 Å². The molecule has 1 atom stereocenters. The van der Waals surface area contributed by atoms with Crippen LogP contribution in [0.3, 0.4) is 0 Å². The first-order valence-electron chi connectivity index (χ1n) is 6.01. The second-order valence-electron chi connectivity index (χ2n) is 4.22. The molecule has 0 saturated carbocycles. The predicted octanol–water partition coefficient (Wildman–Crippen LogP) is 2.96. The third-order valence-electron chi connectivity index (χ3n) is 2.76. The molecule has 1 aromatic rings. The Morgan fingerprint density at radius 1 is 1.42 bits per heavy atom. The Morgan fingerprint density at radius 3 is 2.95 bits per heavy atom. The number of ether oxygens (including phenoxy) is 1. The van der Waals surface area contributed by atoms with Gasteiger partial charge < -0.3 is 10.1 Å². The fourth-order valence-corrected chi connectivity index (χ4v) is 2.36. The molecule has 1 fully saturated rings. The SMILES string of the molecule is S=C(NC[C@@H]1CCCO1)NNc1ccc(Cl)cc1Cl. The van der Waals surface area contributed by atoms with Gasteiger partial charge in [-0.2, -0.15) is 0 Å². The lowest BCUT2D eigenvalue weighted by Gasteiger charge is -2.15. The average molecular weight is 320 g/mol. The lowest BCUT2D eigenvalue weighted by atomic mass is 10.2. The van der Waals surface area contributed by atoms with Gasteiger partial charge in [0.2, 0.25) is 0 Å². The third kappa shape index (κ3) is 4.69. The Labute approximate surface area is 127 Å². The average Bonchev–Trinajstić information content (AvgIpc) is 2.88. The number of hydrogen-bond donors (Lipinski definition) is 3. The van der Waals surface area contributed by atoms with Crippen LogP contribution in [0.2, 0.25) is 10.0 Å². The van der Waals surface area contributed by atoms with Crippen LogP contribution in [0.1, 0.15) is 12.8 Å². The molecule has 0 unspecified atom stereocenters. The van der Waals surface area contributed by atoms with Crippen LogP contribution in [-0.4, -0.2) is 24.4 Å². The number of hydrazine groups is 1. The lowest BCUT2D eigenvalue weighted by molar-refractivity contribution is 0.114. The lowest BCUT2D eigenvalue weighted by Crippen LogP contribution is -2.42. The molecule has 0 aliphatic carbocycles. The van der Waals surface area contributed by atoms with Crippen molar-refractivity contribution in [2.45, 2.75) is 18.9 Å². The van der Waals surface area contributed by atoms with E-state index < -0.39 is 0 Å². The summed E-state index contributed by atoms with van der Waals surface area (Å²) in [4.78, 5) is 0. The highest BCUT2D eigenvalue weighted by molar-refractivity contribution is 7.80. The minimum Gasteiger partial charge on any atom is -0.376 e. The zero-order valence-corrected chi connectivity index (χ0v) is 12.5. The fraction of sp³-hybridized carbons (Fsp3) is 0.417. The summed E-state index contributed by atoms with van der Waals surface area (Å²) in [5.74, 6) is 0. The Kier molecular flexibility index (Phi) is 5.51. The normalized spacial score (nSPS) is 18.1. The highest BCUT2D eigenvalue weighted by Crippen LogP contribution is 2.24. The maximum atomic E-state index is 6.02. The van der Waals surface area contributed by atoms with Crippen molar-refractivity contribution in [3.05, 3.63) is 28.2 Å². The highest BCUT2D eigenvalue weighted by atomic mass is 35.5. The number of benzene rings is 1. The van der Waals surface area contributed by atoms with Crippen molar-refractivity contribution < 1.29 is 4.74 Å². The summed E-state index contributed by atoms with van der Waals surface area (Å²) in [6.45, 7) is 1.55. The quantitative estimate of drug-likeness (QED) is 0.588. The van der Waals surface area contributed by atoms with Crippen LogP contribution < -0.4 is 16.2 Å². The van der Waals surface area contributed by atoms with Crippen molar-refractivity contribution in [1.29, 1.82) is 0 Å². The summed E-state index contributed by atoms with van der Waals surface area (Å²) in [6.07, 6.45) is 2.44. The molecule has 19 heavy (non-hydrogen) atoms. The summed E-state index contributed by atoms with van der Waals surface area (Å²) < 4.78 is 5.49. The van der Waals surface area contributed by atoms with E-state index >= 15 is 0 Å². The Balaban J connectivity index is 1.73. The van der Waals surface area contributed by atoms with Gasteiger partial charge in [0.1, 0.15) is 0 Å². The minimum absolute atomic E-state index is 0.249. The molecule has 1 aromatic carbocycles. The van der Waals surface area contributed by atoms with Crippen LogP contribution in [0.4, 0.5) is 5.69 Å². The Bertz CT molecular complexity index is 453. The second-order valence-corrected chi connectivity index (χ2v) is 5.47. The zero-order valence-electron chi connectivity index (χ0n) is 10.2. The molecule has 4 nitrogen and oxygen atoms in total. The van der Waals surface area contributed by atoms with E-state index in [4.69, 9.17) is 40.2 Å². The molecule has 0 amide bonds. The molecule has 0 aromatic heterocycles. The van der Waals surface area contributed by atoms with Gasteiger partial charge in [-0.3, -0.25) is 10.9 Å². The molecule has 1 heterocycles. The summed E-state index contributed by atoms with van der Waals surface area (Å²) in [5.41, 5.74) is 6.52. The molecule has 0 spiro atoms. The standard InChI is InChI=1S/C12H15Cl2N3OS/c13-8-3-4-11(10(14)6-8)16-17-12(19)15-7-9-2-1-5-18-9/h3-4,6,9,16H,1-2,5,7H2,(H2,15,17,19)/t9-/m0/s1. The van der Waals surface area contributed by atoms with Crippen LogP contribution in [-0.2, 0) is 4.74 Å². The van der Waals surface area contributed by atoms with Crippen LogP contribution in [0, 0.1) is 0 Å². The first-order chi connectivity index (χ1) is 9.15. The number of nitrogens with one attached hydrogen (secondary N) is 3. The van der Waals surface area contributed by atoms with Gasteiger partial charge in [-0.15, -0.1) is 0 Å². The van der Waals surface area contributed by atoms with E-state index in [-0.39, 0.29) is 6.10 Å². The maximum absolute atomic E-state index is 6.02. The van der Waals surface area contributed by atoms with E-state index in [0.717, 1.165) is 19.4 Å². The molecule has 1 saturated heterocycles. The van der Waals surface area contributed by atoms with Gasteiger partial charge in [-0.25, -0.2) is 0 Å². The van der Waals surface area contributed by atoms with E-state index in [1.54, 1.807) is 18.2 Å². The summed E-state index contributed by atoms with van der Waals surface area (Å²) >= 11 is 17.0. The fourth-order valence-electron chi connectivity index (χ4n) is 1.77. The van der Waals surface area contributed by atoms with E-state index in [0.29, 0.717) is 27.4 Å². The van der Waals surface area contributed by atoms with Crippen LogP contribution in [0.5, 0.6) is 0 Å². The largest absolute Gasteiger partial charge is 0.376 e. The number of rotatable bonds is 4. The third-order valence-corrected chi connectivity index (χ3v) is 3.55. The molecular formula is C12H15Cl2N3OS. The van der Waals surface area contributed by atoms with Gasteiger partial charge in [0, 0.05) is 18.2 Å². The smallest absolute Gasteiger partial charge is 0.185 e. The van der Waals surface area contributed by atoms with Crippen molar-refractivity contribution in [3.8, 4) is 0 Å². The zero-order chi connectivity index (χ0) is 13.7. The molecule has 0 radical (unpaired) electrons. The Hall–Kier alpha value is -0.750. The molecule has 0 bridgehead atoms. The summed E-state index contributed by atoms with van der Waals surface area (Å²) in [5, 5.41) is 4.71. The maximum Gasteiger partial charge on any atom is 0.185 e. The second kappa shape index (κ2) is 7.14. The highest BCUT2D eigenvalue weighted by Gasteiger charge is 2.15. The molecule has 1 aliphatic rings. The van der Waals surface area contributed by atoms with Gasteiger partial charge in [0.25, 0.3) is 0 Å². The Morgan fingerprint density at radius 2 is 2.26 bits per heavy atom. The first kappa shape index (κ1) is 14.7. The van der Waals surface area contributed by atoms with Crippen molar-refractivity contribution in [1.82, 2.24) is 10.7 Å². The van der Waals surface area contributed by atoms with Gasteiger partial charge in [0.05, 0.1) is 16.8 Å². The van der Waals surface area contributed by atoms with Crippen LogP contribution in [0.25, 0.3) is 0 Å². The monoisotopic (exact) mass is 319 g/mol. The van der Waals surface area contributed by atoms with Crippen molar-refractivity contribution in [3.63, 3.8) is 0 Å². The van der Waals surface area contributed by atoms with Gasteiger partial charge in [-0.05, 0) is 43.3 Å². The molecular weight excluding hydrogens is 305 g/mol. The summed E-state index contributed by atoms with van der Waals surface area (Å²) in [7, 11) is 0. The van der Waals surface area contributed by atoms with E-state index in [9.17, 15) is 0 Å². The number of halogens is 2. The van der Waals surface area contributed by atoms with Gasteiger partial charge >= 0.3 is 0 Å². The predicted molar refractivity (Wildman–Crippen MR) is 82.8 cm³/mol. The van der Waals surface area contributed by atoms with E-state index in [1.165, 1.54) is 0 Å². The van der Waals surface area contributed by atoms with Crippen LogP contribution in [0.15, 0.2) is 18.2 Å². The minimum atomic E-state index is 0.249. The van der Waals surface area contributed by atoms with E-state index in [2.05, 4.69) is 16.2 Å². The molecule has 104 valence electrons. The number of hydrogen-bond acceptors (Lipinski definition) is 3. The summed E-state index contributed by atoms with van der Waals surface area (Å²) in [6, 6.07) is 5.19. The van der Waals surface area contributed by atoms with Crippen molar-refractivity contribution in [2.24, 2.45) is 0 Å². The first-order valence-corrected chi connectivity index (χ1v) is 7.18. The molecule has 2 rings (SSSR count). The molecule has 3 N–H and O–H groups in total. The number of thiocarbonyl (C=S) groups is 1. The van der Waals surface area contributed by atoms with Gasteiger partial charge in [-0.1, -0.05) is 23.2 Å². The van der Waals surface area contributed by atoms with E-state index in [1.807, 2.05) is 0 Å². The van der Waals surface area contributed by atoms with Crippen molar-refractivity contribution >= 4 is 46.2 Å². The molecule has 7 heteroatoms.